The van der Waals surface area contributed by atoms with Crippen LogP contribution in [0.1, 0.15) is 42.4 Å². The van der Waals surface area contributed by atoms with E-state index in [1.807, 2.05) is 6.08 Å². The number of alkyl halides is 3. The van der Waals surface area contributed by atoms with Crippen LogP contribution in [-0.2, 0) is 30.8 Å². The number of nitrogens with one attached hydrogen (secondary N) is 1. The number of halogens is 5. The Labute approximate surface area is 305 Å². The molecule has 14 heteroatoms. The molecule has 0 radical (unpaired) electrons. The van der Waals surface area contributed by atoms with Crippen LogP contribution in [0, 0.1) is 23.7 Å². The number of hydrogen-bond donors (Lipinski definition) is 2. The van der Waals surface area contributed by atoms with Gasteiger partial charge in [0, 0.05) is 29.1 Å². The van der Waals surface area contributed by atoms with E-state index < -0.39 is 63.6 Å². The average Bonchev–Trinajstić information content (AvgIpc) is 3.49. The molecule has 0 spiro atoms. The van der Waals surface area contributed by atoms with Crippen LogP contribution in [0.2, 0.25) is 10.0 Å². The van der Waals surface area contributed by atoms with Crippen LogP contribution in [0.3, 0.4) is 0 Å². The van der Waals surface area contributed by atoms with E-state index in [2.05, 4.69) is 10.4 Å². The molecule has 3 heterocycles. The molecule has 0 unspecified atom stereocenters. The fourth-order valence-corrected chi connectivity index (χ4v) is 9.40. The van der Waals surface area contributed by atoms with Gasteiger partial charge in [-0.05, 0) is 66.5 Å². The van der Waals surface area contributed by atoms with Crippen molar-refractivity contribution < 1.29 is 37.5 Å². The maximum Gasteiger partial charge on any atom is 0.417 e. The first kappa shape index (κ1) is 34.2. The van der Waals surface area contributed by atoms with Crippen molar-refractivity contribution in [2.45, 2.75) is 37.3 Å². The number of hydrazine groups is 1. The molecular formula is C38H29Cl2F3N4O5. The van der Waals surface area contributed by atoms with Gasteiger partial charge < -0.3 is 5.11 Å². The van der Waals surface area contributed by atoms with Crippen molar-refractivity contribution in [2.75, 3.05) is 12.0 Å². The maximum absolute atomic E-state index is 15.4. The van der Waals surface area contributed by atoms with Gasteiger partial charge >= 0.3 is 6.18 Å². The highest BCUT2D eigenvalue weighted by atomic mass is 35.5. The molecule has 2 N–H and O–H groups in total. The number of pyridine rings is 1. The number of benzene rings is 3. The Morgan fingerprint density at radius 2 is 1.65 bits per heavy atom. The second kappa shape index (κ2) is 12.1. The largest absolute Gasteiger partial charge is 0.507 e. The summed E-state index contributed by atoms with van der Waals surface area (Å²) in [5.74, 6) is -6.51. The summed E-state index contributed by atoms with van der Waals surface area (Å²) < 4.78 is 40.4. The summed E-state index contributed by atoms with van der Waals surface area (Å²) in [5, 5.41) is 12.7. The zero-order chi connectivity index (χ0) is 36.9. The summed E-state index contributed by atoms with van der Waals surface area (Å²) in [5.41, 5.74) is 1.56. The predicted octanol–water partition coefficient (Wildman–Crippen LogP) is 7.27. The Morgan fingerprint density at radius 3 is 2.33 bits per heavy atom. The number of carbonyl (C=O) groups is 4. The van der Waals surface area contributed by atoms with Crippen molar-refractivity contribution in [1.82, 2.24) is 14.9 Å². The average molecular weight is 750 g/mol. The smallest absolute Gasteiger partial charge is 0.417 e. The van der Waals surface area contributed by atoms with E-state index in [0.29, 0.717) is 44.8 Å². The van der Waals surface area contributed by atoms with Gasteiger partial charge in [0.25, 0.3) is 11.8 Å². The SMILES string of the molecule is CCN1C(=O)[C@H]2[C@H](CC=C3[C@H]2C[C@H]2C(=O)N(Nc4ncc(C(F)(F)F)cc4Cl)C(=O)[C@@]2(c2ccc(Cl)cc2)[C@H]3c2ccc(O)c3ccccc23)C1=O. The van der Waals surface area contributed by atoms with Crippen molar-refractivity contribution in [3.05, 3.63) is 111 Å². The predicted molar refractivity (Wildman–Crippen MR) is 185 cm³/mol. The molecule has 4 amide bonds. The topological polar surface area (TPSA) is 120 Å². The lowest BCUT2D eigenvalue weighted by molar-refractivity contribution is -0.141. The third-order valence-corrected chi connectivity index (χ3v) is 11.8. The van der Waals surface area contributed by atoms with E-state index in [-0.39, 0.29) is 42.8 Å². The summed E-state index contributed by atoms with van der Waals surface area (Å²) >= 11 is 12.6. The second-order valence-electron chi connectivity index (χ2n) is 13.6. The zero-order valence-electron chi connectivity index (χ0n) is 27.3. The van der Waals surface area contributed by atoms with Gasteiger partial charge in [-0.15, -0.1) is 0 Å². The Bertz CT molecular complexity index is 2250. The minimum atomic E-state index is -4.74. The van der Waals surface area contributed by atoms with E-state index in [0.717, 1.165) is 5.01 Å². The Hall–Kier alpha value is -4.94. The minimum absolute atomic E-state index is 0.00298. The Morgan fingerprint density at radius 1 is 0.942 bits per heavy atom. The molecule has 3 aromatic carbocycles. The molecule has 2 aliphatic heterocycles. The number of anilines is 1. The number of fused-ring (bicyclic) bond motifs is 5. The van der Waals surface area contributed by atoms with E-state index in [1.165, 1.54) is 11.0 Å². The molecule has 4 aromatic rings. The van der Waals surface area contributed by atoms with Crippen LogP contribution >= 0.6 is 23.2 Å². The number of rotatable bonds is 5. The standard InChI is InChI=1S/C38H29Cl2F3N4O5/c1-2-46-33(49)25-12-11-24-26(30(25)35(46)51)16-27-34(50)47(45-32-28(40)15-19(17-44-32)38(41,42)43)36(52)37(27,18-7-9-20(39)10-8-18)31(24)23-13-14-29(48)22-6-4-3-5-21(22)23/h3-11,13-15,17,25-27,30-31,48H,2,12,16H2,1H3,(H,44,45)/t25-,26+,27-,30-,31-,37+/m0/s1. The van der Waals surface area contributed by atoms with Crippen molar-refractivity contribution in [3.63, 3.8) is 0 Å². The first-order valence-corrected chi connectivity index (χ1v) is 17.4. The molecule has 6 atom stereocenters. The van der Waals surface area contributed by atoms with E-state index in [1.54, 1.807) is 61.5 Å². The number of likely N-dealkylation sites (tertiary alicyclic amines) is 1. The van der Waals surface area contributed by atoms with Gasteiger partial charge in [0.15, 0.2) is 5.82 Å². The van der Waals surface area contributed by atoms with Crippen molar-refractivity contribution in [3.8, 4) is 5.75 Å². The van der Waals surface area contributed by atoms with Crippen LogP contribution in [0.5, 0.6) is 5.75 Å². The van der Waals surface area contributed by atoms with Gasteiger partial charge in [-0.3, -0.25) is 29.5 Å². The quantitative estimate of drug-likeness (QED) is 0.163. The summed E-state index contributed by atoms with van der Waals surface area (Å²) in [6.45, 7) is 1.91. The van der Waals surface area contributed by atoms with Gasteiger partial charge in [0.2, 0.25) is 11.8 Å². The highest BCUT2D eigenvalue weighted by Gasteiger charge is 2.70. The van der Waals surface area contributed by atoms with E-state index in [9.17, 15) is 32.7 Å². The molecule has 1 aromatic heterocycles. The first-order valence-electron chi connectivity index (χ1n) is 16.7. The third-order valence-electron chi connectivity index (χ3n) is 11.2. The van der Waals surface area contributed by atoms with Gasteiger partial charge in [-0.25, -0.2) is 4.98 Å². The number of phenols is 1. The van der Waals surface area contributed by atoms with Crippen LogP contribution in [0.4, 0.5) is 19.0 Å². The number of allylic oxidation sites excluding steroid dienone is 2. The summed E-state index contributed by atoms with van der Waals surface area (Å²) in [6, 6.07) is 17.5. The summed E-state index contributed by atoms with van der Waals surface area (Å²) in [6.07, 6.45) is -2.03. The third kappa shape index (κ3) is 4.80. The highest BCUT2D eigenvalue weighted by molar-refractivity contribution is 6.33. The molecule has 52 heavy (non-hydrogen) atoms. The van der Waals surface area contributed by atoms with Crippen LogP contribution in [-0.4, -0.2) is 50.2 Å². The van der Waals surface area contributed by atoms with Crippen LogP contribution < -0.4 is 5.43 Å². The molecule has 8 rings (SSSR count). The molecule has 4 aliphatic rings. The van der Waals surface area contributed by atoms with Crippen LogP contribution in [0.15, 0.2) is 84.6 Å². The van der Waals surface area contributed by atoms with Crippen molar-refractivity contribution >= 4 is 63.4 Å². The van der Waals surface area contributed by atoms with Gasteiger partial charge in [-0.2, -0.15) is 18.2 Å². The monoisotopic (exact) mass is 748 g/mol. The lowest BCUT2D eigenvalue weighted by Gasteiger charge is -2.51. The van der Waals surface area contributed by atoms with Gasteiger partial charge in [0.1, 0.15) is 5.75 Å². The number of carbonyl (C=O) groups excluding carboxylic acids is 4. The first-order chi connectivity index (χ1) is 24.8. The highest BCUT2D eigenvalue weighted by Crippen LogP contribution is 2.65. The number of imide groups is 2. The molecule has 2 saturated heterocycles. The number of aromatic nitrogens is 1. The molecule has 3 fully saturated rings. The molecular weight excluding hydrogens is 720 g/mol. The second-order valence-corrected chi connectivity index (χ2v) is 14.4. The minimum Gasteiger partial charge on any atom is -0.507 e. The number of phenolic OH excluding ortho intramolecular Hbond substituents is 1. The zero-order valence-corrected chi connectivity index (χ0v) is 28.8. The molecule has 266 valence electrons. The molecule has 9 nitrogen and oxygen atoms in total. The normalized spacial score (nSPS) is 27.1. The lowest BCUT2D eigenvalue weighted by Crippen LogP contribution is -2.53. The van der Waals surface area contributed by atoms with Gasteiger partial charge in [0.05, 0.1) is 33.8 Å². The maximum atomic E-state index is 15.4. The van der Waals surface area contributed by atoms with E-state index >= 15 is 4.79 Å². The number of amides is 4. The van der Waals surface area contributed by atoms with E-state index in [4.69, 9.17) is 23.2 Å². The Balaban J connectivity index is 1.38. The molecule has 1 saturated carbocycles. The van der Waals surface area contributed by atoms with Crippen molar-refractivity contribution in [2.24, 2.45) is 23.7 Å². The number of nitrogens with zero attached hydrogens (tertiary/aromatic N) is 3. The number of hydrogen-bond acceptors (Lipinski definition) is 7. The molecule has 2 aliphatic carbocycles. The fraction of sp³-hybridized carbons (Fsp3) is 0.289. The lowest BCUT2D eigenvalue weighted by atomic mass is 9.49. The van der Waals surface area contributed by atoms with Crippen molar-refractivity contribution in [1.29, 1.82) is 0 Å². The summed E-state index contributed by atoms with van der Waals surface area (Å²) in [4.78, 5) is 62.6. The summed E-state index contributed by atoms with van der Waals surface area (Å²) in [7, 11) is 0. The number of aromatic hydroxyl groups is 1. The Kier molecular flexibility index (Phi) is 7.92. The molecule has 0 bridgehead atoms. The fourth-order valence-electron chi connectivity index (χ4n) is 9.06. The van der Waals surface area contributed by atoms with Gasteiger partial charge in [-0.1, -0.05) is 77.3 Å². The van der Waals surface area contributed by atoms with Crippen LogP contribution in [0.25, 0.3) is 10.8 Å².